The summed E-state index contributed by atoms with van der Waals surface area (Å²) < 4.78 is 5.77. The summed E-state index contributed by atoms with van der Waals surface area (Å²) >= 11 is 0. The second kappa shape index (κ2) is 5.14. The zero-order valence-corrected chi connectivity index (χ0v) is 12.0. The van der Waals surface area contributed by atoms with Crippen LogP contribution >= 0.6 is 0 Å². The van der Waals surface area contributed by atoms with Crippen molar-refractivity contribution in [3.8, 4) is 0 Å². The highest BCUT2D eigenvalue weighted by Crippen LogP contribution is 2.28. The maximum Gasteiger partial charge on any atom is 0.0641 e. The Morgan fingerprint density at radius 2 is 2.32 bits per heavy atom. The van der Waals surface area contributed by atoms with Crippen molar-refractivity contribution in [3.05, 3.63) is 29.3 Å². The molecular weight excluding hydrogens is 236 g/mol. The van der Waals surface area contributed by atoms with E-state index in [0.29, 0.717) is 6.04 Å². The van der Waals surface area contributed by atoms with E-state index in [-0.39, 0.29) is 5.60 Å². The number of nitrogens with one attached hydrogen (secondary N) is 2. The van der Waals surface area contributed by atoms with Gasteiger partial charge in [-0.15, -0.1) is 0 Å². The minimum absolute atomic E-state index is 0.0206. The lowest BCUT2D eigenvalue weighted by molar-refractivity contribution is -0.0630. The van der Waals surface area contributed by atoms with Crippen LogP contribution < -0.4 is 10.6 Å². The van der Waals surface area contributed by atoms with E-state index in [9.17, 15) is 0 Å². The molecular formula is C16H24N2O. The van der Waals surface area contributed by atoms with Crippen LogP contribution in [0.25, 0.3) is 0 Å². The van der Waals surface area contributed by atoms with Crippen LogP contribution in [-0.2, 0) is 17.7 Å². The molecule has 0 radical (unpaired) electrons. The predicted molar refractivity (Wildman–Crippen MR) is 78.5 cm³/mol. The number of anilines is 1. The van der Waals surface area contributed by atoms with Gasteiger partial charge in [-0.1, -0.05) is 18.2 Å². The van der Waals surface area contributed by atoms with Crippen molar-refractivity contribution < 1.29 is 4.74 Å². The smallest absolute Gasteiger partial charge is 0.0641 e. The van der Waals surface area contributed by atoms with E-state index in [1.54, 1.807) is 0 Å². The molecule has 2 heterocycles. The summed E-state index contributed by atoms with van der Waals surface area (Å²) in [5.74, 6) is 0. The highest BCUT2D eigenvalue weighted by atomic mass is 16.5. The third-order valence-electron chi connectivity index (χ3n) is 4.21. The zero-order chi connectivity index (χ0) is 13.3. The van der Waals surface area contributed by atoms with Crippen LogP contribution in [0.1, 0.15) is 37.8 Å². The predicted octanol–water partition coefficient (Wildman–Crippen LogP) is 2.70. The number of para-hydroxylation sites is 1. The van der Waals surface area contributed by atoms with E-state index >= 15 is 0 Å². The highest BCUT2D eigenvalue weighted by Gasteiger charge is 2.28. The first-order valence-corrected chi connectivity index (χ1v) is 7.36. The Hall–Kier alpha value is -1.06. The molecule has 0 spiro atoms. The third-order valence-corrected chi connectivity index (χ3v) is 4.21. The first-order chi connectivity index (χ1) is 9.14. The van der Waals surface area contributed by atoms with Gasteiger partial charge in [-0.05, 0) is 44.2 Å². The molecule has 2 aliphatic heterocycles. The van der Waals surface area contributed by atoms with Crippen molar-refractivity contribution >= 4 is 5.69 Å². The lowest BCUT2D eigenvalue weighted by Gasteiger charge is -2.36. The molecule has 0 amide bonds. The lowest BCUT2D eigenvalue weighted by Crippen LogP contribution is -2.43. The van der Waals surface area contributed by atoms with Gasteiger partial charge >= 0.3 is 0 Å². The van der Waals surface area contributed by atoms with E-state index in [1.165, 1.54) is 16.8 Å². The molecule has 0 aromatic heterocycles. The van der Waals surface area contributed by atoms with Gasteiger partial charge < -0.3 is 15.4 Å². The Morgan fingerprint density at radius 3 is 3.16 bits per heavy atom. The molecule has 1 atom stereocenters. The van der Waals surface area contributed by atoms with Crippen LogP contribution in [0.4, 0.5) is 5.69 Å². The number of hydrogen-bond acceptors (Lipinski definition) is 3. The number of benzene rings is 1. The van der Waals surface area contributed by atoms with E-state index < -0.39 is 0 Å². The molecule has 104 valence electrons. The molecule has 0 bridgehead atoms. The van der Waals surface area contributed by atoms with Gasteiger partial charge in [0.1, 0.15) is 0 Å². The quantitative estimate of drug-likeness (QED) is 0.876. The summed E-state index contributed by atoms with van der Waals surface area (Å²) in [6.45, 7) is 7.27. The number of rotatable bonds is 3. The van der Waals surface area contributed by atoms with Gasteiger partial charge in [0.05, 0.1) is 5.60 Å². The topological polar surface area (TPSA) is 33.3 Å². The Balaban J connectivity index is 1.62. The van der Waals surface area contributed by atoms with Crippen molar-refractivity contribution in [1.82, 2.24) is 5.32 Å². The van der Waals surface area contributed by atoms with Crippen LogP contribution in [-0.4, -0.2) is 24.8 Å². The maximum atomic E-state index is 5.77. The summed E-state index contributed by atoms with van der Waals surface area (Å²) in [5.41, 5.74) is 4.25. The number of ether oxygens (including phenoxy) is 1. The average molecular weight is 260 g/mol. The lowest BCUT2D eigenvalue weighted by atomic mass is 9.93. The molecule has 3 nitrogen and oxygen atoms in total. The van der Waals surface area contributed by atoms with Crippen LogP contribution in [0.2, 0.25) is 0 Å². The fourth-order valence-electron chi connectivity index (χ4n) is 3.22. The fourth-order valence-corrected chi connectivity index (χ4v) is 3.22. The monoisotopic (exact) mass is 260 g/mol. The first kappa shape index (κ1) is 12.9. The van der Waals surface area contributed by atoms with Crippen molar-refractivity contribution in [2.24, 2.45) is 0 Å². The van der Waals surface area contributed by atoms with Crippen molar-refractivity contribution in [1.29, 1.82) is 0 Å². The second-order valence-electron chi connectivity index (χ2n) is 6.31. The standard InChI is InChI=1S/C16H24N2O/c1-16(2)10-14(7-9-19-16)18-11-13-5-3-4-12-6-8-17-15(12)13/h3-5,14,17-18H,6-11H2,1-2H3. The Bertz CT molecular complexity index is 456. The Kier molecular flexibility index (Phi) is 3.50. The molecule has 1 unspecified atom stereocenters. The molecule has 19 heavy (non-hydrogen) atoms. The minimum Gasteiger partial charge on any atom is -0.384 e. The molecule has 2 aliphatic rings. The van der Waals surface area contributed by atoms with Gasteiger partial charge in [-0.2, -0.15) is 0 Å². The summed E-state index contributed by atoms with van der Waals surface area (Å²) in [7, 11) is 0. The molecule has 1 fully saturated rings. The summed E-state index contributed by atoms with van der Waals surface area (Å²) in [6, 6.07) is 7.21. The zero-order valence-electron chi connectivity index (χ0n) is 12.0. The normalized spacial score (nSPS) is 24.8. The molecule has 0 aliphatic carbocycles. The molecule has 1 aromatic carbocycles. The SMILES string of the molecule is CC1(C)CC(NCc2cccc3c2NCC3)CCO1. The Labute approximate surface area is 115 Å². The largest absolute Gasteiger partial charge is 0.384 e. The summed E-state index contributed by atoms with van der Waals surface area (Å²) in [5, 5.41) is 7.21. The highest BCUT2D eigenvalue weighted by molar-refractivity contribution is 5.61. The van der Waals surface area contributed by atoms with Gasteiger partial charge in [-0.25, -0.2) is 0 Å². The fraction of sp³-hybridized carbons (Fsp3) is 0.625. The van der Waals surface area contributed by atoms with Gasteiger partial charge in [0.2, 0.25) is 0 Å². The van der Waals surface area contributed by atoms with Crippen LogP contribution in [0, 0.1) is 0 Å². The average Bonchev–Trinajstić information content (AvgIpc) is 2.84. The maximum absolute atomic E-state index is 5.77. The van der Waals surface area contributed by atoms with Crippen molar-refractivity contribution in [3.63, 3.8) is 0 Å². The van der Waals surface area contributed by atoms with Crippen LogP contribution in [0.15, 0.2) is 18.2 Å². The second-order valence-corrected chi connectivity index (χ2v) is 6.31. The van der Waals surface area contributed by atoms with Crippen molar-refractivity contribution in [2.75, 3.05) is 18.5 Å². The molecule has 3 heteroatoms. The van der Waals surface area contributed by atoms with Gasteiger partial charge in [-0.3, -0.25) is 0 Å². The van der Waals surface area contributed by atoms with Crippen molar-refractivity contribution in [2.45, 2.75) is 51.3 Å². The van der Waals surface area contributed by atoms with E-state index in [4.69, 9.17) is 4.74 Å². The van der Waals surface area contributed by atoms with E-state index in [2.05, 4.69) is 42.7 Å². The Morgan fingerprint density at radius 1 is 1.42 bits per heavy atom. The number of fused-ring (bicyclic) bond motifs is 1. The molecule has 1 aromatic rings. The first-order valence-electron chi connectivity index (χ1n) is 7.36. The third kappa shape index (κ3) is 2.93. The molecule has 1 saturated heterocycles. The summed E-state index contributed by atoms with van der Waals surface area (Å²) in [6.07, 6.45) is 3.37. The van der Waals surface area contributed by atoms with Gasteiger partial charge in [0, 0.05) is 31.4 Å². The summed E-state index contributed by atoms with van der Waals surface area (Å²) in [4.78, 5) is 0. The van der Waals surface area contributed by atoms with Gasteiger partial charge in [0.15, 0.2) is 0 Å². The van der Waals surface area contributed by atoms with E-state index in [1.807, 2.05) is 0 Å². The molecule has 2 N–H and O–H groups in total. The molecule has 3 rings (SSSR count). The van der Waals surface area contributed by atoms with Crippen LogP contribution in [0.3, 0.4) is 0 Å². The minimum atomic E-state index is 0.0206. The number of hydrogen-bond donors (Lipinski definition) is 2. The van der Waals surface area contributed by atoms with Crippen LogP contribution in [0.5, 0.6) is 0 Å². The molecule has 0 saturated carbocycles. The van der Waals surface area contributed by atoms with E-state index in [0.717, 1.165) is 39.0 Å². The van der Waals surface area contributed by atoms with Gasteiger partial charge in [0.25, 0.3) is 0 Å².